The van der Waals surface area contributed by atoms with E-state index in [2.05, 4.69) is 6.58 Å². The number of rotatable bonds is 1. The number of pyridine rings is 1. The Morgan fingerprint density at radius 3 is 2.50 bits per heavy atom. The Hall–Kier alpha value is -2.04. The zero-order valence-electron chi connectivity index (χ0n) is 9.58. The number of aryl methyl sites for hydroxylation is 1. The fourth-order valence-electron chi connectivity index (χ4n) is 1.84. The van der Waals surface area contributed by atoms with Crippen molar-refractivity contribution < 1.29 is 13.2 Å². The molecule has 0 bridgehead atoms. The lowest BCUT2D eigenvalue weighted by Gasteiger charge is -2.13. The van der Waals surface area contributed by atoms with E-state index in [1.54, 1.807) is 6.07 Å². The summed E-state index contributed by atoms with van der Waals surface area (Å²) < 4.78 is 39.9. The summed E-state index contributed by atoms with van der Waals surface area (Å²) in [4.78, 5) is 11.5. The van der Waals surface area contributed by atoms with Gasteiger partial charge in [0.25, 0.3) is 5.56 Å². The lowest BCUT2D eigenvalue weighted by atomic mass is 10.1. The second kappa shape index (κ2) is 4.01. The quantitative estimate of drug-likeness (QED) is 0.765. The lowest BCUT2D eigenvalue weighted by Crippen LogP contribution is -2.20. The predicted molar refractivity (Wildman–Crippen MR) is 64.3 cm³/mol. The van der Waals surface area contributed by atoms with E-state index in [0.717, 1.165) is 0 Å². The van der Waals surface area contributed by atoms with Gasteiger partial charge in [-0.1, -0.05) is 18.7 Å². The van der Waals surface area contributed by atoms with E-state index in [-0.39, 0.29) is 10.9 Å². The van der Waals surface area contributed by atoms with Gasteiger partial charge in [-0.2, -0.15) is 13.2 Å². The Morgan fingerprint density at radius 2 is 1.94 bits per heavy atom. The van der Waals surface area contributed by atoms with Crippen LogP contribution in [0.25, 0.3) is 17.0 Å². The van der Waals surface area contributed by atoms with Crippen molar-refractivity contribution in [3.8, 4) is 0 Å². The summed E-state index contributed by atoms with van der Waals surface area (Å²) in [5.41, 5.74) is -0.766. The summed E-state index contributed by atoms with van der Waals surface area (Å²) >= 11 is 0. The van der Waals surface area contributed by atoms with Crippen molar-refractivity contribution in [1.82, 2.24) is 4.57 Å². The first-order chi connectivity index (χ1) is 8.34. The smallest absolute Gasteiger partial charge is 0.311 e. The molecule has 1 heterocycles. The minimum absolute atomic E-state index is 0.00185. The second-order valence-electron chi connectivity index (χ2n) is 3.93. The number of fused-ring (bicyclic) bond motifs is 1. The van der Waals surface area contributed by atoms with E-state index in [0.29, 0.717) is 11.6 Å². The molecule has 0 saturated carbocycles. The van der Waals surface area contributed by atoms with E-state index in [9.17, 15) is 18.0 Å². The van der Waals surface area contributed by atoms with Gasteiger partial charge in [-0.3, -0.25) is 4.79 Å². The lowest BCUT2D eigenvalue weighted by molar-refractivity contribution is -0.136. The van der Waals surface area contributed by atoms with Crippen molar-refractivity contribution in [2.75, 3.05) is 0 Å². The third kappa shape index (κ3) is 1.92. The van der Waals surface area contributed by atoms with Crippen molar-refractivity contribution in [2.24, 2.45) is 7.05 Å². The van der Waals surface area contributed by atoms with Crippen molar-refractivity contribution in [2.45, 2.75) is 6.18 Å². The van der Waals surface area contributed by atoms with E-state index in [1.165, 1.54) is 29.8 Å². The first-order valence-corrected chi connectivity index (χ1v) is 5.18. The minimum atomic E-state index is -4.55. The fraction of sp³-hybridized carbons (Fsp3) is 0.154. The molecule has 0 spiro atoms. The third-order valence-corrected chi connectivity index (χ3v) is 2.81. The normalized spacial score (nSPS) is 11.8. The first kappa shape index (κ1) is 12.4. The number of benzene rings is 1. The van der Waals surface area contributed by atoms with Gasteiger partial charge in [0, 0.05) is 18.5 Å². The topological polar surface area (TPSA) is 22.0 Å². The number of aromatic nitrogens is 1. The summed E-state index contributed by atoms with van der Waals surface area (Å²) in [6.45, 7) is 3.52. The van der Waals surface area contributed by atoms with Gasteiger partial charge < -0.3 is 4.57 Å². The molecule has 0 aliphatic rings. The maximum absolute atomic E-state index is 12.9. The summed E-state index contributed by atoms with van der Waals surface area (Å²) in [5, 5.41) is 0.00185. The zero-order valence-corrected chi connectivity index (χ0v) is 9.58. The molecule has 0 unspecified atom stereocenters. The molecule has 1 aromatic carbocycles. The molecule has 0 N–H and O–H groups in total. The van der Waals surface area contributed by atoms with Gasteiger partial charge in [0.1, 0.15) is 0 Å². The molecule has 0 amide bonds. The summed E-state index contributed by atoms with van der Waals surface area (Å²) in [7, 11) is 1.44. The fourth-order valence-corrected chi connectivity index (χ4v) is 1.84. The molecule has 0 aliphatic heterocycles. The van der Waals surface area contributed by atoms with Crippen LogP contribution >= 0.6 is 0 Å². The maximum Gasteiger partial charge on any atom is 0.417 e. The highest BCUT2D eigenvalue weighted by atomic mass is 19.4. The van der Waals surface area contributed by atoms with Crippen LogP contribution in [0.1, 0.15) is 11.1 Å². The van der Waals surface area contributed by atoms with Crippen LogP contribution in [0.2, 0.25) is 0 Å². The van der Waals surface area contributed by atoms with E-state index >= 15 is 0 Å². The van der Waals surface area contributed by atoms with Gasteiger partial charge in [0.05, 0.1) is 11.1 Å². The Morgan fingerprint density at radius 1 is 1.28 bits per heavy atom. The highest BCUT2D eigenvalue weighted by Gasteiger charge is 2.33. The zero-order chi connectivity index (χ0) is 13.5. The van der Waals surface area contributed by atoms with Crippen molar-refractivity contribution in [1.29, 1.82) is 0 Å². The minimum Gasteiger partial charge on any atom is -0.311 e. The van der Waals surface area contributed by atoms with Crippen LogP contribution in [0.3, 0.4) is 0 Å². The van der Waals surface area contributed by atoms with Crippen LogP contribution in [0.15, 0.2) is 35.6 Å². The van der Waals surface area contributed by atoms with Gasteiger partial charge in [-0.05, 0) is 17.7 Å². The molecule has 94 valence electrons. The average Bonchev–Trinajstić information content (AvgIpc) is 2.31. The molecule has 1 aromatic heterocycles. The molecule has 0 atom stereocenters. The molecule has 0 radical (unpaired) electrons. The van der Waals surface area contributed by atoms with Crippen LogP contribution in [0.4, 0.5) is 13.2 Å². The third-order valence-electron chi connectivity index (χ3n) is 2.81. The molecule has 0 saturated heterocycles. The van der Waals surface area contributed by atoms with Crippen molar-refractivity contribution in [3.63, 3.8) is 0 Å². The van der Waals surface area contributed by atoms with Crippen LogP contribution in [0, 0.1) is 0 Å². The van der Waals surface area contributed by atoms with E-state index < -0.39 is 17.3 Å². The second-order valence-corrected chi connectivity index (χ2v) is 3.93. The molecule has 2 rings (SSSR count). The molecule has 2 aromatic rings. The van der Waals surface area contributed by atoms with Gasteiger partial charge >= 0.3 is 6.18 Å². The van der Waals surface area contributed by atoms with Gasteiger partial charge in [-0.15, -0.1) is 0 Å². The molecule has 5 heteroatoms. The molecule has 0 aliphatic carbocycles. The Labute approximate surface area is 101 Å². The average molecular weight is 253 g/mol. The summed E-state index contributed by atoms with van der Waals surface area (Å²) in [6.07, 6.45) is -3.09. The highest BCUT2D eigenvalue weighted by molar-refractivity contribution is 5.85. The van der Waals surface area contributed by atoms with Crippen LogP contribution < -0.4 is 5.56 Å². The van der Waals surface area contributed by atoms with Crippen LogP contribution in [-0.2, 0) is 13.2 Å². The standard InChI is InChI=1S/C13H10F3NO/c1-3-8-4-5-11-9(6-8)10(13(14,15)16)7-12(18)17(11)2/h3-7H,1H2,2H3. The Bertz CT molecular complexity index is 683. The Balaban J connectivity index is 2.97. The number of nitrogens with zero attached hydrogens (tertiary/aromatic N) is 1. The molecular weight excluding hydrogens is 243 g/mol. The number of hydrogen-bond donors (Lipinski definition) is 0. The van der Waals surface area contributed by atoms with Crippen LogP contribution in [-0.4, -0.2) is 4.57 Å². The summed E-state index contributed by atoms with van der Waals surface area (Å²) in [5.74, 6) is 0. The number of hydrogen-bond acceptors (Lipinski definition) is 1. The maximum atomic E-state index is 12.9. The van der Waals surface area contributed by atoms with Crippen molar-refractivity contribution >= 4 is 17.0 Å². The van der Waals surface area contributed by atoms with Gasteiger partial charge in [0.2, 0.25) is 0 Å². The largest absolute Gasteiger partial charge is 0.417 e. The van der Waals surface area contributed by atoms with Crippen LogP contribution in [0.5, 0.6) is 0 Å². The highest BCUT2D eigenvalue weighted by Crippen LogP contribution is 2.34. The van der Waals surface area contributed by atoms with Gasteiger partial charge in [0.15, 0.2) is 0 Å². The molecular formula is C13H10F3NO. The molecule has 0 fully saturated rings. The monoisotopic (exact) mass is 253 g/mol. The van der Waals surface area contributed by atoms with Gasteiger partial charge in [-0.25, -0.2) is 0 Å². The molecule has 18 heavy (non-hydrogen) atoms. The van der Waals surface area contributed by atoms with Crippen molar-refractivity contribution in [3.05, 3.63) is 52.3 Å². The first-order valence-electron chi connectivity index (χ1n) is 5.18. The molecule has 2 nitrogen and oxygen atoms in total. The SMILES string of the molecule is C=Cc1ccc2c(c1)c(C(F)(F)F)cc(=O)n2C. The van der Waals surface area contributed by atoms with E-state index in [4.69, 9.17) is 0 Å². The number of halogens is 3. The number of alkyl halides is 3. The van der Waals surface area contributed by atoms with E-state index in [1.807, 2.05) is 0 Å². The predicted octanol–water partition coefficient (Wildman–Crippen LogP) is 3.20. The Kier molecular flexibility index (Phi) is 2.77. The summed E-state index contributed by atoms with van der Waals surface area (Å²) in [6, 6.07) is 5.11.